The number of para-hydroxylation sites is 1. The molecule has 0 N–H and O–H groups in total. The molecule has 0 aliphatic heterocycles. The van der Waals surface area contributed by atoms with Gasteiger partial charge in [0, 0.05) is 43.8 Å². The van der Waals surface area contributed by atoms with Crippen molar-refractivity contribution in [3.8, 4) is 28.7 Å². The summed E-state index contributed by atoms with van der Waals surface area (Å²) in [6, 6.07) is 53.9. The van der Waals surface area contributed by atoms with Gasteiger partial charge in [-0.05, 0) is 88.5 Å². The van der Waals surface area contributed by atoms with Gasteiger partial charge in [-0.15, -0.1) is 0 Å². The number of nitrogens with zero attached hydrogens (tertiary/aromatic N) is 4. The highest BCUT2D eigenvalue weighted by atomic mass is 16.3. The fraction of sp³-hybridized carbons (Fsp3) is 0.0727. The Morgan fingerprint density at radius 3 is 2.13 bits per heavy atom. The molecule has 0 saturated carbocycles. The lowest BCUT2D eigenvalue weighted by molar-refractivity contribution is 0.668. The van der Waals surface area contributed by atoms with Crippen LogP contribution < -0.4 is 0 Å². The standard InChI is InChI=1S/C55H38N4O/c1-3-42(46-21-12-22-47-49-44-19-10-8-15-36(44)28-30-48(49)60-52(46)47)50-33(2)43-29-27-37-16-9-11-20-45(37)51(43)59(50)55-57-53(40-25-23-34-13-4-6-17-38(34)31-40)56-54(58-55)41-26-24-35-14-5-7-18-39(35)32-41/h3-4,6-13,15-32H,5,14H2,1-2H3/b42-3-. The number of aryl methyl sites for hydroxylation is 2. The highest BCUT2D eigenvalue weighted by molar-refractivity contribution is 6.20. The summed E-state index contributed by atoms with van der Waals surface area (Å²) in [5.74, 6) is 1.81. The molecule has 0 amide bonds. The van der Waals surface area contributed by atoms with E-state index in [4.69, 9.17) is 19.4 Å². The van der Waals surface area contributed by atoms with Crippen molar-refractivity contribution < 1.29 is 4.42 Å². The minimum atomic E-state index is 0.558. The van der Waals surface area contributed by atoms with Crippen molar-refractivity contribution in [1.29, 1.82) is 0 Å². The lowest BCUT2D eigenvalue weighted by atomic mass is 9.95. The highest BCUT2D eigenvalue weighted by Gasteiger charge is 2.26. The van der Waals surface area contributed by atoms with E-state index in [0.29, 0.717) is 17.6 Å². The molecule has 0 unspecified atom stereocenters. The molecule has 284 valence electrons. The molecule has 1 aliphatic rings. The number of hydrogen-bond acceptors (Lipinski definition) is 4. The molecule has 1 aliphatic carbocycles. The maximum Gasteiger partial charge on any atom is 0.238 e. The number of allylic oxidation sites excluding steroid dienone is 2. The van der Waals surface area contributed by atoms with Crippen LogP contribution in [0.3, 0.4) is 0 Å². The molecule has 5 heteroatoms. The van der Waals surface area contributed by atoms with Crippen LogP contribution in [0.4, 0.5) is 0 Å². The molecular weight excluding hydrogens is 733 g/mol. The van der Waals surface area contributed by atoms with Gasteiger partial charge < -0.3 is 4.42 Å². The molecule has 60 heavy (non-hydrogen) atoms. The largest absolute Gasteiger partial charge is 0.455 e. The predicted octanol–water partition coefficient (Wildman–Crippen LogP) is 14.2. The third-order valence-electron chi connectivity index (χ3n) is 12.4. The van der Waals surface area contributed by atoms with Gasteiger partial charge in [0.25, 0.3) is 0 Å². The summed E-state index contributed by atoms with van der Waals surface area (Å²) in [7, 11) is 0. The van der Waals surface area contributed by atoms with E-state index in [0.717, 1.165) is 95.4 Å². The Morgan fingerprint density at radius 2 is 1.30 bits per heavy atom. The molecule has 8 aromatic carbocycles. The van der Waals surface area contributed by atoms with Crippen LogP contribution in [0.1, 0.15) is 41.3 Å². The summed E-state index contributed by atoms with van der Waals surface area (Å²) in [5.41, 5.74) is 11.4. The van der Waals surface area contributed by atoms with Crippen molar-refractivity contribution >= 4 is 76.8 Å². The van der Waals surface area contributed by atoms with Crippen LogP contribution in [-0.2, 0) is 6.42 Å². The van der Waals surface area contributed by atoms with Crippen LogP contribution in [0, 0.1) is 6.92 Å². The fourth-order valence-corrected chi connectivity index (χ4v) is 9.55. The first-order valence-electron chi connectivity index (χ1n) is 20.7. The molecule has 0 atom stereocenters. The minimum Gasteiger partial charge on any atom is -0.455 e. The number of furan rings is 1. The van der Waals surface area contributed by atoms with Gasteiger partial charge in [-0.25, -0.2) is 4.98 Å². The van der Waals surface area contributed by atoms with Crippen molar-refractivity contribution in [1.82, 2.24) is 19.5 Å². The van der Waals surface area contributed by atoms with Crippen LogP contribution in [0.2, 0.25) is 0 Å². The molecule has 3 aromatic heterocycles. The van der Waals surface area contributed by atoms with Gasteiger partial charge >= 0.3 is 0 Å². The van der Waals surface area contributed by atoms with E-state index in [1.54, 1.807) is 0 Å². The number of rotatable bonds is 5. The summed E-state index contributed by atoms with van der Waals surface area (Å²) in [4.78, 5) is 16.1. The van der Waals surface area contributed by atoms with Gasteiger partial charge in [0.2, 0.25) is 5.95 Å². The average molecular weight is 771 g/mol. The van der Waals surface area contributed by atoms with Gasteiger partial charge in [0.1, 0.15) is 11.2 Å². The first-order chi connectivity index (χ1) is 29.6. The first-order valence-corrected chi connectivity index (χ1v) is 20.7. The van der Waals surface area contributed by atoms with Gasteiger partial charge in [-0.2, -0.15) is 9.97 Å². The van der Waals surface area contributed by atoms with Crippen molar-refractivity contribution in [2.24, 2.45) is 0 Å². The van der Waals surface area contributed by atoms with Crippen molar-refractivity contribution in [2.45, 2.75) is 26.7 Å². The molecule has 0 spiro atoms. The minimum absolute atomic E-state index is 0.558. The summed E-state index contributed by atoms with van der Waals surface area (Å²) in [5, 5.41) is 10.3. The molecule has 0 fully saturated rings. The maximum atomic E-state index is 6.86. The zero-order valence-corrected chi connectivity index (χ0v) is 33.3. The molecule has 3 heterocycles. The molecular formula is C55H38N4O. The van der Waals surface area contributed by atoms with Gasteiger partial charge in [-0.3, -0.25) is 4.57 Å². The quantitative estimate of drug-likeness (QED) is 0.175. The Hall–Kier alpha value is -7.63. The Balaban J connectivity index is 1.17. The molecule has 5 nitrogen and oxygen atoms in total. The Bertz CT molecular complexity index is 3640. The summed E-state index contributed by atoms with van der Waals surface area (Å²) in [6.07, 6.45) is 8.77. The summed E-state index contributed by atoms with van der Waals surface area (Å²) in [6.45, 7) is 4.34. The van der Waals surface area contributed by atoms with Gasteiger partial charge in [0.05, 0.1) is 11.2 Å². The van der Waals surface area contributed by atoms with Crippen LogP contribution in [-0.4, -0.2) is 19.5 Å². The molecule has 0 saturated heterocycles. The monoisotopic (exact) mass is 770 g/mol. The first kappa shape index (κ1) is 34.4. The SMILES string of the molecule is C/C=C(/c1cccc2c1oc1ccc3ccccc3c12)c1c(C)c2ccc3ccccc3c2n1-c1nc(-c2ccc3c(c2)C=CCC3)nc(-c2ccc3ccccc3c2)n1. The third-order valence-corrected chi connectivity index (χ3v) is 12.4. The number of benzene rings is 8. The zero-order valence-electron chi connectivity index (χ0n) is 33.3. The number of fused-ring (bicyclic) bond motifs is 10. The van der Waals surface area contributed by atoms with E-state index in [9.17, 15) is 0 Å². The van der Waals surface area contributed by atoms with Gasteiger partial charge in [0.15, 0.2) is 11.6 Å². The predicted molar refractivity (Wildman–Crippen MR) is 249 cm³/mol. The van der Waals surface area contributed by atoms with Gasteiger partial charge in [-0.1, -0.05) is 152 Å². The van der Waals surface area contributed by atoms with Crippen LogP contribution in [0.5, 0.6) is 0 Å². The second-order valence-corrected chi connectivity index (χ2v) is 15.8. The third kappa shape index (κ3) is 5.29. The summed E-state index contributed by atoms with van der Waals surface area (Å²) < 4.78 is 9.15. The molecule has 12 rings (SSSR count). The molecule has 0 bridgehead atoms. The normalized spacial score (nSPS) is 13.1. The van der Waals surface area contributed by atoms with E-state index in [1.807, 2.05) is 0 Å². The molecule has 11 aromatic rings. The fourth-order valence-electron chi connectivity index (χ4n) is 9.55. The lowest BCUT2D eigenvalue weighted by Gasteiger charge is -2.17. The van der Waals surface area contributed by atoms with Crippen LogP contribution in [0.25, 0.3) is 106 Å². The zero-order chi connectivity index (χ0) is 39.9. The Kier molecular flexibility index (Phi) is 7.73. The van der Waals surface area contributed by atoms with E-state index in [2.05, 4.69) is 188 Å². The average Bonchev–Trinajstić information content (AvgIpc) is 3.84. The highest BCUT2D eigenvalue weighted by Crippen LogP contribution is 2.43. The lowest BCUT2D eigenvalue weighted by Crippen LogP contribution is -2.10. The number of aromatic nitrogens is 4. The van der Waals surface area contributed by atoms with Crippen LogP contribution >= 0.6 is 0 Å². The maximum absolute atomic E-state index is 6.86. The van der Waals surface area contributed by atoms with Crippen molar-refractivity contribution in [2.75, 3.05) is 0 Å². The molecule has 0 radical (unpaired) electrons. The topological polar surface area (TPSA) is 56.7 Å². The summed E-state index contributed by atoms with van der Waals surface area (Å²) >= 11 is 0. The second kappa shape index (κ2) is 13.5. The van der Waals surface area contributed by atoms with E-state index in [-0.39, 0.29) is 0 Å². The van der Waals surface area contributed by atoms with Crippen LogP contribution in [0.15, 0.2) is 168 Å². The Labute approximate surface area is 346 Å². The second-order valence-electron chi connectivity index (χ2n) is 15.8. The van der Waals surface area contributed by atoms with Crippen molar-refractivity contribution in [3.63, 3.8) is 0 Å². The Morgan fingerprint density at radius 1 is 0.617 bits per heavy atom. The van der Waals surface area contributed by atoms with E-state index >= 15 is 0 Å². The van der Waals surface area contributed by atoms with E-state index < -0.39 is 0 Å². The smallest absolute Gasteiger partial charge is 0.238 e. The van der Waals surface area contributed by atoms with E-state index in [1.165, 1.54) is 27.3 Å². The number of hydrogen-bond donors (Lipinski definition) is 0. The van der Waals surface area contributed by atoms with Crippen molar-refractivity contribution in [3.05, 3.63) is 192 Å².